The maximum Gasteiger partial charge on any atom is 0.272 e. The highest BCUT2D eigenvalue weighted by Crippen LogP contribution is 2.30. The van der Waals surface area contributed by atoms with E-state index in [0.29, 0.717) is 0 Å². The molecule has 0 fully saturated rings. The number of hydrogen-bond donors (Lipinski definition) is 3. The zero-order chi connectivity index (χ0) is 22.3. The number of nitrogens with zero attached hydrogens (tertiary/aromatic N) is 2. The number of nitriles is 1. The molecule has 1 aromatic heterocycles. The zero-order valence-electron chi connectivity index (χ0n) is 16.2. The number of terminal acetylenes is 1. The highest BCUT2D eigenvalue weighted by atomic mass is 32.2. The Balaban J connectivity index is 1.99. The largest absolute Gasteiger partial charge is 0.376 e. The molecule has 8 nitrogen and oxygen atoms in total. The van der Waals surface area contributed by atoms with Crippen LogP contribution in [0.25, 0.3) is 0 Å². The number of rotatable bonds is 3. The quantitative estimate of drug-likeness (QED) is 0.633. The van der Waals surface area contributed by atoms with E-state index < -0.39 is 33.4 Å². The fraction of sp³-hybridized carbons (Fsp3) is 0.300. The van der Waals surface area contributed by atoms with Gasteiger partial charge in [-0.25, -0.2) is 17.5 Å². The number of carbonyl (C=O) groups is 1. The lowest BCUT2D eigenvalue weighted by Crippen LogP contribution is -2.49. The molecule has 2 atom stereocenters. The van der Waals surface area contributed by atoms with Gasteiger partial charge in [-0.1, -0.05) is 5.92 Å². The van der Waals surface area contributed by atoms with Crippen molar-refractivity contribution in [1.82, 2.24) is 9.29 Å². The summed E-state index contributed by atoms with van der Waals surface area (Å²) in [5, 5.41) is 21.8. The molecule has 1 aromatic carbocycles. The average molecular weight is 430 g/mol. The van der Waals surface area contributed by atoms with Gasteiger partial charge in [0.15, 0.2) is 0 Å². The number of anilines is 1. The minimum Gasteiger partial charge on any atom is -0.376 e. The molecule has 0 saturated heterocycles. The van der Waals surface area contributed by atoms with Crippen molar-refractivity contribution in [3.05, 3.63) is 47.0 Å². The van der Waals surface area contributed by atoms with Crippen LogP contribution in [-0.2, 0) is 23.5 Å². The van der Waals surface area contributed by atoms with Gasteiger partial charge in [0.05, 0.1) is 11.6 Å². The van der Waals surface area contributed by atoms with Crippen LogP contribution in [0, 0.1) is 29.5 Å². The summed E-state index contributed by atoms with van der Waals surface area (Å²) < 4.78 is 42.9. The lowest BCUT2D eigenvalue weighted by molar-refractivity contribution is 0.0827. The molecule has 3 rings (SSSR count). The fourth-order valence-corrected chi connectivity index (χ4v) is 5.06. The second kappa shape index (κ2) is 7.58. The minimum absolute atomic E-state index is 0.0812. The van der Waals surface area contributed by atoms with Crippen molar-refractivity contribution in [3.63, 3.8) is 0 Å². The van der Waals surface area contributed by atoms with E-state index in [1.165, 1.54) is 36.9 Å². The lowest BCUT2D eigenvalue weighted by Gasteiger charge is -2.27. The van der Waals surface area contributed by atoms with E-state index in [4.69, 9.17) is 11.7 Å². The van der Waals surface area contributed by atoms with Gasteiger partial charge in [-0.3, -0.25) is 4.79 Å². The first-order chi connectivity index (χ1) is 14.0. The van der Waals surface area contributed by atoms with E-state index >= 15 is 0 Å². The second-order valence-electron chi connectivity index (χ2n) is 7.20. The summed E-state index contributed by atoms with van der Waals surface area (Å²) in [4.78, 5) is 12.8. The summed E-state index contributed by atoms with van der Waals surface area (Å²) >= 11 is 0. The second-order valence-corrected chi connectivity index (χ2v) is 8.88. The van der Waals surface area contributed by atoms with Gasteiger partial charge in [0.2, 0.25) is 10.0 Å². The number of carbonyl (C=O) groups excluding carboxylic acids is 1. The number of aromatic nitrogens is 1. The number of benzene rings is 1. The van der Waals surface area contributed by atoms with Crippen LogP contribution in [0.1, 0.15) is 35.0 Å². The van der Waals surface area contributed by atoms with Gasteiger partial charge in [0.1, 0.15) is 28.1 Å². The molecule has 0 unspecified atom stereocenters. The number of halogens is 1. The van der Waals surface area contributed by atoms with Crippen molar-refractivity contribution in [3.8, 4) is 18.4 Å². The van der Waals surface area contributed by atoms with E-state index in [1.807, 2.05) is 0 Å². The van der Waals surface area contributed by atoms with Crippen LogP contribution >= 0.6 is 0 Å². The third kappa shape index (κ3) is 3.81. The minimum atomic E-state index is -4.04. The third-order valence-corrected chi connectivity index (χ3v) is 6.57. The molecule has 1 amide bonds. The Labute approximate surface area is 173 Å². The molecule has 0 bridgehead atoms. The standard InChI is InChI=1S/C20H19FN4O4S/c1-4-20(2,27)17-8-6-14-16(30(28,29)24-17)11-25(3)18(14)19(26)23-13-5-7-15(21)12(9-13)10-22/h1,5,7,9,11,17,24,27H,6,8H2,2-3H3,(H,23,26)/t17-,20+/m1/s1. The molecule has 0 spiro atoms. The summed E-state index contributed by atoms with van der Waals surface area (Å²) in [5.41, 5.74) is -1.37. The van der Waals surface area contributed by atoms with E-state index in [1.54, 1.807) is 6.07 Å². The van der Waals surface area contributed by atoms with Crippen molar-refractivity contribution in [2.45, 2.75) is 36.3 Å². The Morgan fingerprint density at radius 2 is 2.20 bits per heavy atom. The molecular formula is C20H19FN4O4S. The van der Waals surface area contributed by atoms with Gasteiger partial charge >= 0.3 is 0 Å². The Hall–Kier alpha value is -3.18. The number of sulfonamides is 1. The first-order valence-corrected chi connectivity index (χ1v) is 10.4. The highest BCUT2D eigenvalue weighted by Gasteiger charge is 2.39. The first kappa shape index (κ1) is 21.5. The molecule has 30 heavy (non-hydrogen) atoms. The molecular weight excluding hydrogens is 411 g/mol. The van der Waals surface area contributed by atoms with Crippen LogP contribution < -0.4 is 10.0 Å². The van der Waals surface area contributed by atoms with Crippen molar-refractivity contribution in [2.24, 2.45) is 7.05 Å². The van der Waals surface area contributed by atoms with Crippen LogP contribution in [0.2, 0.25) is 0 Å². The number of aliphatic hydroxyl groups is 1. The SMILES string of the molecule is C#C[C@](C)(O)[C@H]1CCc2c(cn(C)c2C(=O)Nc2ccc(F)c(C#N)c2)S(=O)(=O)N1. The van der Waals surface area contributed by atoms with Gasteiger partial charge in [0.25, 0.3) is 5.91 Å². The molecule has 1 aliphatic heterocycles. The normalized spacial score (nSPS) is 19.5. The highest BCUT2D eigenvalue weighted by molar-refractivity contribution is 7.89. The molecule has 0 saturated carbocycles. The van der Waals surface area contributed by atoms with Gasteiger partial charge in [0, 0.05) is 24.5 Å². The van der Waals surface area contributed by atoms with Gasteiger partial charge in [-0.2, -0.15) is 5.26 Å². The summed E-state index contributed by atoms with van der Waals surface area (Å²) in [6, 6.07) is 4.30. The molecule has 2 heterocycles. The van der Waals surface area contributed by atoms with E-state index in [9.17, 15) is 22.7 Å². The molecule has 2 aromatic rings. The monoisotopic (exact) mass is 430 g/mol. The smallest absolute Gasteiger partial charge is 0.272 e. The Morgan fingerprint density at radius 3 is 2.83 bits per heavy atom. The van der Waals surface area contributed by atoms with E-state index in [-0.39, 0.29) is 40.2 Å². The van der Waals surface area contributed by atoms with Crippen LogP contribution in [-0.4, -0.2) is 35.6 Å². The summed E-state index contributed by atoms with van der Waals surface area (Å²) in [5.74, 6) is 0.845. The van der Waals surface area contributed by atoms with Gasteiger partial charge < -0.3 is 15.0 Å². The van der Waals surface area contributed by atoms with Crippen molar-refractivity contribution >= 4 is 21.6 Å². The van der Waals surface area contributed by atoms with E-state index in [2.05, 4.69) is 16.0 Å². The van der Waals surface area contributed by atoms with Gasteiger partial charge in [-0.05, 0) is 38.0 Å². The Kier molecular flexibility index (Phi) is 5.44. The van der Waals surface area contributed by atoms with Crippen LogP contribution in [0.3, 0.4) is 0 Å². The summed E-state index contributed by atoms with van der Waals surface area (Å²) in [6.45, 7) is 1.34. The topological polar surface area (TPSA) is 124 Å². The molecule has 10 heteroatoms. The predicted octanol–water partition coefficient (Wildman–Crippen LogP) is 1.27. The van der Waals surface area contributed by atoms with Crippen molar-refractivity contribution < 1.29 is 22.7 Å². The average Bonchev–Trinajstić information content (AvgIpc) is 2.97. The molecule has 1 aliphatic rings. The van der Waals surface area contributed by atoms with Crippen LogP contribution in [0.4, 0.5) is 10.1 Å². The van der Waals surface area contributed by atoms with Crippen molar-refractivity contribution in [2.75, 3.05) is 5.32 Å². The molecule has 0 aliphatic carbocycles. The molecule has 3 N–H and O–H groups in total. The van der Waals surface area contributed by atoms with Crippen LogP contribution in [0.15, 0.2) is 29.3 Å². The first-order valence-electron chi connectivity index (χ1n) is 8.92. The third-order valence-electron chi connectivity index (χ3n) is 5.05. The lowest BCUT2D eigenvalue weighted by atomic mass is 9.92. The van der Waals surface area contributed by atoms with E-state index in [0.717, 1.165) is 6.07 Å². The maximum absolute atomic E-state index is 13.5. The molecule has 156 valence electrons. The number of hydrogen-bond acceptors (Lipinski definition) is 5. The number of amides is 1. The van der Waals surface area contributed by atoms with Crippen LogP contribution in [0.5, 0.6) is 0 Å². The number of aryl methyl sites for hydroxylation is 1. The number of nitrogens with one attached hydrogen (secondary N) is 2. The maximum atomic E-state index is 13.5. The van der Waals surface area contributed by atoms with Gasteiger partial charge in [-0.15, -0.1) is 6.42 Å². The fourth-order valence-electron chi connectivity index (χ4n) is 3.39. The summed E-state index contributed by atoms with van der Waals surface area (Å²) in [7, 11) is -2.52. The number of fused-ring (bicyclic) bond motifs is 1. The predicted molar refractivity (Wildman–Crippen MR) is 106 cm³/mol. The Bertz CT molecular complexity index is 1220. The molecule has 0 radical (unpaired) electrons. The Morgan fingerprint density at radius 1 is 1.50 bits per heavy atom. The summed E-state index contributed by atoms with van der Waals surface area (Å²) in [6.07, 6.45) is 6.97. The zero-order valence-corrected chi connectivity index (χ0v) is 17.0. The van der Waals surface area contributed by atoms with Crippen molar-refractivity contribution in [1.29, 1.82) is 5.26 Å².